The second-order valence-corrected chi connectivity index (χ2v) is 7.70. The fourth-order valence-electron chi connectivity index (χ4n) is 2.41. The average Bonchev–Trinajstić information content (AvgIpc) is 2.59. The lowest BCUT2D eigenvalue weighted by Gasteiger charge is -2.14. The van der Waals surface area contributed by atoms with Crippen molar-refractivity contribution in [1.29, 1.82) is 0 Å². The minimum absolute atomic E-state index is 0.226. The molecule has 0 atom stereocenters. The molecule has 0 spiro atoms. The maximum Gasteiger partial charge on any atom is 0.240 e. The maximum atomic E-state index is 12.3. The monoisotopic (exact) mass is 347 g/mol. The van der Waals surface area contributed by atoms with Crippen molar-refractivity contribution in [1.82, 2.24) is 4.72 Å². The van der Waals surface area contributed by atoms with Crippen LogP contribution >= 0.6 is 0 Å². The van der Waals surface area contributed by atoms with Crippen molar-refractivity contribution in [3.05, 3.63) is 59.7 Å². The molecule has 0 aliphatic rings. The SMILES string of the molecule is CCc1ccc(S(=O)(=O)NCCOc2ccccc2C(C)C)cc1. The van der Waals surface area contributed by atoms with Gasteiger partial charge in [0.05, 0.1) is 4.90 Å². The summed E-state index contributed by atoms with van der Waals surface area (Å²) in [5.41, 5.74) is 2.23. The van der Waals surface area contributed by atoms with Gasteiger partial charge in [0.15, 0.2) is 0 Å². The van der Waals surface area contributed by atoms with Gasteiger partial charge >= 0.3 is 0 Å². The van der Waals surface area contributed by atoms with E-state index in [1.165, 1.54) is 0 Å². The summed E-state index contributed by atoms with van der Waals surface area (Å²) in [5.74, 6) is 1.16. The number of rotatable bonds is 8. The van der Waals surface area contributed by atoms with Crippen molar-refractivity contribution >= 4 is 10.0 Å². The van der Waals surface area contributed by atoms with Gasteiger partial charge in [-0.1, -0.05) is 51.1 Å². The molecular weight excluding hydrogens is 322 g/mol. The van der Waals surface area contributed by atoms with Crippen LogP contribution in [0.1, 0.15) is 37.8 Å². The van der Waals surface area contributed by atoms with Crippen LogP contribution < -0.4 is 9.46 Å². The lowest BCUT2D eigenvalue weighted by molar-refractivity contribution is 0.318. The Labute approximate surface area is 144 Å². The number of aryl methyl sites for hydroxylation is 1. The number of para-hydroxylation sites is 1. The van der Waals surface area contributed by atoms with Crippen LogP contribution in [-0.4, -0.2) is 21.6 Å². The first-order chi connectivity index (χ1) is 11.4. The molecule has 0 fully saturated rings. The number of ether oxygens (including phenoxy) is 1. The van der Waals surface area contributed by atoms with Crippen LogP contribution in [0.3, 0.4) is 0 Å². The molecule has 24 heavy (non-hydrogen) atoms. The van der Waals surface area contributed by atoms with Crippen LogP contribution in [0.5, 0.6) is 5.75 Å². The standard InChI is InChI=1S/C19H25NO3S/c1-4-16-9-11-17(12-10-16)24(21,22)20-13-14-23-19-8-6-5-7-18(19)15(2)3/h5-12,15,20H,4,13-14H2,1-3H3. The normalized spacial score (nSPS) is 11.7. The molecule has 130 valence electrons. The third-order valence-electron chi connectivity index (χ3n) is 3.83. The Bertz CT molecular complexity index is 752. The average molecular weight is 347 g/mol. The van der Waals surface area contributed by atoms with Crippen molar-refractivity contribution in [2.45, 2.75) is 38.0 Å². The van der Waals surface area contributed by atoms with E-state index in [4.69, 9.17) is 4.74 Å². The van der Waals surface area contributed by atoms with Gasteiger partial charge in [0.1, 0.15) is 12.4 Å². The third kappa shape index (κ3) is 4.82. The largest absolute Gasteiger partial charge is 0.492 e. The lowest BCUT2D eigenvalue weighted by Crippen LogP contribution is -2.28. The van der Waals surface area contributed by atoms with E-state index in [2.05, 4.69) is 18.6 Å². The highest BCUT2D eigenvalue weighted by Crippen LogP contribution is 2.25. The summed E-state index contributed by atoms with van der Waals surface area (Å²) >= 11 is 0. The molecule has 0 bridgehead atoms. The van der Waals surface area contributed by atoms with Crippen molar-refractivity contribution in [2.75, 3.05) is 13.2 Å². The Hall–Kier alpha value is -1.85. The van der Waals surface area contributed by atoms with Crippen LogP contribution in [0, 0.1) is 0 Å². The van der Waals surface area contributed by atoms with Gasteiger partial charge < -0.3 is 4.74 Å². The highest BCUT2D eigenvalue weighted by atomic mass is 32.2. The molecule has 1 N–H and O–H groups in total. The predicted octanol–water partition coefficient (Wildman–Crippen LogP) is 3.73. The Morgan fingerprint density at radius 3 is 2.33 bits per heavy atom. The quantitative estimate of drug-likeness (QED) is 0.740. The first-order valence-electron chi connectivity index (χ1n) is 8.24. The second-order valence-electron chi connectivity index (χ2n) is 5.94. The van der Waals surface area contributed by atoms with Gasteiger partial charge in [-0.2, -0.15) is 0 Å². The number of nitrogens with one attached hydrogen (secondary N) is 1. The summed E-state index contributed by atoms with van der Waals surface area (Å²) in [6, 6.07) is 14.8. The summed E-state index contributed by atoms with van der Waals surface area (Å²) in [5, 5.41) is 0. The minimum atomic E-state index is -3.50. The Balaban J connectivity index is 1.91. The van der Waals surface area contributed by atoms with E-state index in [9.17, 15) is 8.42 Å². The molecule has 0 aromatic heterocycles. The molecule has 0 heterocycles. The van der Waals surface area contributed by atoms with Gasteiger partial charge in [0, 0.05) is 6.54 Å². The van der Waals surface area contributed by atoms with Gasteiger partial charge in [0.25, 0.3) is 0 Å². The number of benzene rings is 2. The highest BCUT2D eigenvalue weighted by molar-refractivity contribution is 7.89. The van der Waals surface area contributed by atoms with Gasteiger partial charge in [-0.05, 0) is 41.7 Å². The first kappa shape index (κ1) is 18.5. The van der Waals surface area contributed by atoms with Crippen LogP contribution in [0.4, 0.5) is 0 Å². The van der Waals surface area contributed by atoms with E-state index in [0.717, 1.165) is 23.3 Å². The Kier molecular flexibility index (Phi) is 6.40. The number of sulfonamides is 1. The molecule has 0 saturated heterocycles. The van der Waals surface area contributed by atoms with Crippen molar-refractivity contribution in [3.8, 4) is 5.75 Å². The number of hydrogen-bond donors (Lipinski definition) is 1. The molecule has 0 amide bonds. The zero-order valence-electron chi connectivity index (χ0n) is 14.5. The lowest BCUT2D eigenvalue weighted by atomic mass is 10.0. The van der Waals surface area contributed by atoms with E-state index in [-0.39, 0.29) is 18.0 Å². The fraction of sp³-hybridized carbons (Fsp3) is 0.368. The smallest absolute Gasteiger partial charge is 0.240 e. The molecule has 0 aliphatic heterocycles. The molecule has 0 unspecified atom stereocenters. The topological polar surface area (TPSA) is 55.4 Å². The number of hydrogen-bond acceptors (Lipinski definition) is 3. The van der Waals surface area contributed by atoms with Gasteiger partial charge in [-0.25, -0.2) is 13.1 Å². The zero-order chi connectivity index (χ0) is 17.6. The molecule has 2 rings (SSSR count). The first-order valence-corrected chi connectivity index (χ1v) is 9.72. The minimum Gasteiger partial charge on any atom is -0.492 e. The summed E-state index contributed by atoms with van der Waals surface area (Å²) in [6.45, 7) is 6.75. The van der Waals surface area contributed by atoms with Crippen LogP contribution in [0.15, 0.2) is 53.4 Å². The molecule has 0 aliphatic carbocycles. The van der Waals surface area contributed by atoms with Gasteiger partial charge in [-0.15, -0.1) is 0 Å². The fourth-order valence-corrected chi connectivity index (χ4v) is 3.43. The van der Waals surface area contributed by atoms with Gasteiger partial charge in [-0.3, -0.25) is 0 Å². The van der Waals surface area contributed by atoms with Gasteiger partial charge in [0.2, 0.25) is 10.0 Å². The van der Waals surface area contributed by atoms with E-state index in [1.807, 2.05) is 43.3 Å². The molecule has 5 heteroatoms. The highest BCUT2D eigenvalue weighted by Gasteiger charge is 2.13. The molecule has 2 aromatic rings. The van der Waals surface area contributed by atoms with Crippen LogP contribution in [-0.2, 0) is 16.4 Å². The third-order valence-corrected chi connectivity index (χ3v) is 5.31. The summed E-state index contributed by atoms with van der Waals surface area (Å²) < 4.78 is 32.8. The summed E-state index contributed by atoms with van der Waals surface area (Å²) in [4.78, 5) is 0.280. The maximum absolute atomic E-state index is 12.3. The summed E-state index contributed by atoms with van der Waals surface area (Å²) in [7, 11) is -3.50. The molecule has 2 aromatic carbocycles. The van der Waals surface area contributed by atoms with E-state index >= 15 is 0 Å². The van der Waals surface area contributed by atoms with Crippen molar-refractivity contribution in [3.63, 3.8) is 0 Å². The van der Waals surface area contributed by atoms with E-state index in [1.54, 1.807) is 12.1 Å². The Morgan fingerprint density at radius 2 is 1.71 bits per heavy atom. The molecule has 0 radical (unpaired) electrons. The summed E-state index contributed by atoms with van der Waals surface area (Å²) in [6.07, 6.45) is 0.886. The van der Waals surface area contributed by atoms with Crippen LogP contribution in [0.2, 0.25) is 0 Å². The van der Waals surface area contributed by atoms with E-state index < -0.39 is 10.0 Å². The van der Waals surface area contributed by atoms with Crippen molar-refractivity contribution < 1.29 is 13.2 Å². The Morgan fingerprint density at radius 1 is 1.04 bits per heavy atom. The molecule has 4 nitrogen and oxygen atoms in total. The van der Waals surface area contributed by atoms with Crippen LogP contribution in [0.25, 0.3) is 0 Å². The van der Waals surface area contributed by atoms with Crippen molar-refractivity contribution in [2.24, 2.45) is 0 Å². The van der Waals surface area contributed by atoms with E-state index in [0.29, 0.717) is 5.92 Å². The second kappa shape index (κ2) is 8.31. The molecule has 0 saturated carbocycles. The molecular formula is C19H25NO3S. The predicted molar refractivity (Wildman–Crippen MR) is 97.0 cm³/mol. The zero-order valence-corrected chi connectivity index (χ0v) is 15.3.